The number of benzene rings is 1. The van der Waals surface area contributed by atoms with Gasteiger partial charge in [-0.2, -0.15) is 0 Å². The van der Waals surface area contributed by atoms with Crippen LogP contribution < -0.4 is 10.6 Å². The molecular formula is C16H25BrN2O. The van der Waals surface area contributed by atoms with Crippen LogP contribution in [-0.2, 0) is 4.79 Å². The summed E-state index contributed by atoms with van der Waals surface area (Å²) in [6.07, 6.45) is 5.84. The molecule has 0 radical (unpaired) electrons. The van der Waals surface area contributed by atoms with Crippen molar-refractivity contribution in [3.63, 3.8) is 0 Å². The van der Waals surface area contributed by atoms with Crippen molar-refractivity contribution in [2.45, 2.75) is 52.0 Å². The Kier molecular flexibility index (Phi) is 8.54. The average molecular weight is 341 g/mol. The Labute approximate surface area is 130 Å². The van der Waals surface area contributed by atoms with E-state index in [0.717, 1.165) is 29.4 Å². The fraction of sp³-hybridized carbons (Fsp3) is 0.562. The lowest BCUT2D eigenvalue weighted by atomic mass is 10.1. The van der Waals surface area contributed by atoms with Gasteiger partial charge in [0.1, 0.15) is 0 Å². The summed E-state index contributed by atoms with van der Waals surface area (Å²) in [6, 6.07) is 8.08. The summed E-state index contributed by atoms with van der Waals surface area (Å²) in [4.78, 5) is 11.9. The largest absolute Gasteiger partial charge is 0.325 e. The van der Waals surface area contributed by atoms with Crippen LogP contribution >= 0.6 is 15.9 Å². The summed E-state index contributed by atoms with van der Waals surface area (Å²) in [6.45, 7) is 4.76. The Morgan fingerprint density at radius 3 is 2.45 bits per heavy atom. The lowest BCUT2D eigenvalue weighted by Crippen LogP contribution is -2.36. The number of unbranched alkanes of at least 4 members (excludes halogenated alkanes) is 1. The van der Waals surface area contributed by atoms with Crippen LogP contribution in [0.1, 0.15) is 46.0 Å². The molecule has 3 nitrogen and oxygen atoms in total. The average Bonchev–Trinajstić information content (AvgIpc) is 2.44. The van der Waals surface area contributed by atoms with E-state index in [1.165, 1.54) is 12.8 Å². The van der Waals surface area contributed by atoms with Crippen LogP contribution in [0.15, 0.2) is 28.7 Å². The zero-order chi connectivity index (χ0) is 14.8. The first-order chi connectivity index (χ1) is 9.65. The molecule has 112 valence electrons. The molecule has 0 saturated heterocycles. The van der Waals surface area contributed by atoms with E-state index in [0.29, 0.717) is 12.6 Å². The summed E-state index contributed by atoms with van der Waals surface area (Å²) in [5.74, 6) is 0.0184. The fourth-order valence-corrected chi connectivity index (χ4v) is 2.39. The van der Waals surface area contributed by atoms with Crippen molar-refractivity contribution >= 4 is 27.5 Å². The molecule has 0 aromatic heterocycles. The Hall–Kier alpha value is -0.870. The molecule has 0 aliphatic rings. The highest BCUT2D eigenvalue weighted by atomic mass is 79.9. The maximum absolute atomic E-state index is 11.9. The molecular weight excluding hydrogens is 316 g/mol. The van der Waals surface area contributed by atoms with Crippen LogP contribution in [0.5, 0.6) is 0 Å². The number of halogens is 1. The number of nitrogens with one attached hydrogen (secondary N) is 2. The predicted molar refractivity (Wildman–Crippen MR) is 89.0 cm³/mol. The summed E-state index contributed by atoms with van der Waals surface area (Å²) in [5.41, 5.74) is 0.834. The van der Waals surface area contributed by atoms with E-state index < -0.39 is 0 Å². The Morgan fingerprint density at radius 2 is 1.85 bits per heavy atom. The fourth-order valence-electron chi connectivity index (χ4n) is 2.12. The molecule has 0 bridgehead atoms. The lowest BCUT2D eigenvalue weighted by Gasteiger charge is -2.17. The summed E-state index contributed by atoms with van der Waals surface area (Å²) < 4.78 is 1.01. The number of anilines is 1. The van der Waals surface area contributed by atoms with Gasteiger partial charge in [-0.15, -0.1) is 0 Å². The van der Waals surface area contributed by atoms with Gasteiger partial charge in [-0.05, 0) is 37.1 Å². The summed E-state index contributed by atoms with van der Waals surface area (Å²) in [7, 11) is 0. The topological polar surface area (TPSA) is 41.1 Å². The third-order valence-corrected chi connectivity index (χ3v) is 3.75. The van der Waals surface area contributed by atoms with Gasteiger partial charge in [0.25, 0.3) is 0 Å². The molecule has 2 N–H and O–H groups in total. The lowest BCUT2D eigenvalue weighted by molar-refractivity contribution is -0.115. The zero-order valence-electron chi connectivity index (χ0n) is 12.4. The van der Waals surface area contributed by atoms with E-state index in [1.807, 2.05) is 24.3 Å². The molecule has 0 aliphatic carbocycles. The van der Waals surface area contributed by atoms with Gasteiger partial charge in [0.05, 0.1) is 6.54 Å². The van der Waals surface area contributed by atoms with Crippen molar-refractivity contribution in [2.75, 3.05) is 11.9 Å². The highest BCUT2D eigenvalue weighted by Gasteiger charge is 2.09. The summed E-state index contributed by atoms with van der Waals surface area (Å²) >= 11 is 3.38. The molecule has 0 aliphatic heterocycles. The van der Waals surface area contributed by atoms with Gasteiger partial charge in [-0.25, -0.2) is 0 Å². The van der Waals surface area contributed by atoms with Gasteiger partial charge < -0.3 is 10.6 Å². The molecule has 4 heteroatoms. The van der Waals surface area contributed by atoms with Crippen molar-refractivity contribution in [3.05, 3.63) is 28.7 Å². The minimum atomic E-state index is 0.0184. The molecule has 1 atom stereocenters. The molecule has 1 amide bonds. The van der Waals surface area contributed by atoms with Gasteiger partial charge in [-0.1, -0.05) is 49.0 Å². The second-order valence-electron chi connectivity index (χ2n) is 5.06. The zero-order valence-corrected chi connectivity index (χ0v) is 14.0. The quantitative estimate of drug-likeness (QED) is 0.702. The highest BCUT2D eigenvalue weighted by Crippen LogP contribution is 2.14. The van der Waals surface area contributed by atoms with Gasteiger partial charge in [0.15, 0.2) is 0 Å². The number of hydrogen-bond acceptors (Lipinski definition) is 2. The molecule has 0 saturated carbocycles. The molecule has 1 aromatic carbocycles. The van der Waals surface area contributed by atoms with E-state index in [1.54, 1.807) is 0 Å². The molecule has 1 rings (SSSR count). The molecule has 0 heterocycles. The first kappa shape index (κ1) is 17.2. The molecule has 1 unspecified atom stereocenters. The number of rotatable bonds is 9. The molecule has 1 aromatic rings. The minimum absolute atomic E-state index is 0.0184. The standard InChI is InChI=1S/C16H25BrN2O/c1-3-5-7-14(6-4-2)18-12-16(20)19-15-10-8-13(17)9-11-15/h8-11,14,18H,3-7,12H2,1-2H3,(H,19,20). The van der Waals surface area contributed by atoms with Crippen LogP contribution in [0, 0.1) is 0 Å². The van der Waals surface area contributed by atoms with Crippen LogP contribution in [-0.4, -0.2) is 18.5 Å². The van der Waals surface area contributed by atoms with Crippen molar-refractivity contribution in [1.82, 2.24) is 5.32 Å². The Balaban J connectivity index is 2.34. The van der Waals surface area contributed by atoms with E-state index in [-0.39, 0.29) is 5.91 Å². The van der Waals surface area contributed by atoms with Crippen LogP contribution in [0.4, 0.5) is 5.69 Å². The monoisotopic (exact) mass is 340 g/mol. The molecule has 20 heavy (non-hydrogen) atoms. The molecule has 0 spiro atoms. The first-order valence-corrected chi connectivity index (χ1v) is 8.23. The van der Waals surface area contributed by atoms with E-state index in [4.69, 9.17) is 0 Å². The van der Waals surface area contributed by atoms with Crippen molar-refractivity contribution < 1.29 is 4.79 Å². The highest BCUT2D eigenvalue weighted by molar-refractivity contribution is 9.10. The van der Waals surface area contributed by atoms with Gasteiger partial charge >= 0.3 is 0 Å². The number of hydrogen-bond donors (Lipinski definition) is 2. The smallest absolute Gasteiger partial charge is 0.238 e. The number of carbonyl (C=O) groups is 1. The Bertz CT molecular complexity index is 392. The van der Waals surface area contributed by atoms with Crippen LogP contribution in [0.3, 0.4) is 0 Å². The van der Waals surface area contributed by atoms with E-state index in [9.17, 15) is 4.79 Å². The van der Waals surface area contributed by atoms with Crippen LogP contribution in [0.2, 0.25) is 0 Å². The normalized spacial score (nSPS) is 12.2. The van der Waals surface area contributed by atoms with Gasteiger partial charge in [0.2, 0.25) is 5.91 Å². The van der Waals surface area contributed by atoms with Gasteiger partial charge in [-0.3, -0.25) is 4.79 Å². The maximum atomic E-state index is 11.9. The maximum Gasteiger partial charge on any atom is 0.238 e. The second-order valence-corrected chi connectivity index (χ2v) is 5.98. The summed E-state index contributed by atoms with van der Waals surface area (Å²) in [5, 5.41) is 6.27. The molecule has 0 fully saturated rings. The first-order valence-electron chi connectivity index (χ1n) is 7.44. The van der Waals surface area contributed by atoms with E-state index in [2.05, 4.69) is 40.4 Å². The SMILES string of the molecule is CCCCC(CCC)NCC(=O)Nc1ccc(Br)cc1. The second kappa shape index (κ2) is 9.94. The van der Waals surface area contributed by atoms with Gasteiger partial charge in [0, 0.05) is 16.2 Å². The van der Waals surface area contributed by atoms with E-state index >= 15 is 0 Å². The number of carbonyl (C=O) groups excluding carboxylic acids is 1. The van der Waals surface area contributed by atoms with Crippen molar-refractivity contribution in [2.24, 2.45) is 0 Å². The predicted octanol–water partition coefficient (Wildman–Crippen LogP) is 4.34. The third kappa shape index (κ3) is 7.06. The van der Waals surface area contributed by atoms with Crippen LogP contribution in [0.25, 0.3) is 0 Å². The minimum Gasteiger partial charge on any atom is -0.325 e. The Morgan fingerprint density at radius 1 is 1.15 bits per heavy atom. The van der Waals surface area contributed by atoms with Crippen molar-refractivity contribution in [1.29, 1.82) is 0 Å². The van der Waals surface area contributed by atoms with Crippen molar-refractivity contribution in [3.8, 4) is 0 Å². The third-order valence-electron chi connectivity index (χ3n) is 3.22. The number of amides is 1.